The van der Waals surface area contributed by atoms with Crippen molar-refractivity contribution in [1.82, 2.24) is 4.98 Å². The monoisotopic (exact) mass is 224 g/mol. The van der Waals surface area contributed by atoms with Crippen LogP contribution < -0.4 is 5.73 Å². The number of rotatable bonds is 6. The van der Waals surface area contributed by atoms with Crippen LogP contribution in [0.1, 0.15) is 19.0 Å². The molecule has 1 unspecified atom stereocenters. The molecule has 0 saturated carbocycles. The summed E-state index contributed by atoms with van der Waals surface area (Å²) in [4.78, 5) is 4.63. The number of nitrogens with two attached hydrogens (primary N) is 1. The Morgan fingerprint density at radius 1 is 1.60 bits per heavy atom. The molecule has 1 aromatic rings. The quantitative estimate of drug-likeness (QED) is 0.747. The van der Waals surface area contributed by atoms with Gasteiger partial charge in [-0.25, -0.2) is 0 Å². The van der Waals surface area contributed by atoms with E-state index in [9.17, 15) is 0 Å². The van der Waals surface area contributed by atoms with Gasteiger partial charge in [0, 0.05) is 18.3 Å². The molecule has 82 valence electrons. The number of pyridine rings is 1. The number of hydrogen-bond acceptors (Lipinski definition) is 3. The molecule has 0 amide bonds. The van der Waals surface area contributed by atoms with E-state index in [1.54, 1.807) is 6.20 Å². The van der Waals surface area contributed by atoms with Crippen molar-refractivity contribution < 1.29 is 4.74 Å². The summed E-state index contributed by atoms with van der Waals surface area (Å²) in [5, 5.41) is 0. The highest BCUT2D eigenvalue weighted by atomic mass is 32.1. The molecule has 15 heavy (non-hydrogen) atoms. The van der Waals surface area contributed by atoms with Crippen LogP contribution in [0.2, 0.25) is 0 Å². The van der Waals surface area contributed by atoms with E-state index in [4.69, 9.17) is 22.7 Å². The van der Waals surface area contributed by atoms with Crippen molar-refractivity contribution in [3.8, 4) is 0 Å². The number of nitrogens with zero attached hydrogens (tertiary/aromatic N) is 1. The molecular weight excluding hydrogens is 208 g/mol. The van der Waals surface area contributed by atoms with E-state index in [1.807, 2.05) is 25.1 Å². The first-order valence-electron chi connectivity index (χ1n) is 5.05. The third-order valence-electron chi connectivity index (χ3n) is 2.09. The zero-order chi connectivity index (χ0) is 11.1. The maximum atomic E-state index is 5.55. The summed E-state index contributed by atoms with van der Waals surface area (Å²) in [6, 6.07) is 5.84. The second-order valence-corrected chi connectivity index (χ2v) is 3.71. The summed E-state index contributed by atoms with van der Waals surface area (Å²) in [5.41, 5.74) is 6.54. The molecule has 3 nitrogen and oxygen atoms in total. The van der Waals surface area contributed by atoms with Crippen molar-refractivity contribution >= 4 is 17.2 Å². The second-order valence-electron chi connectivity index (χ2n) is 3.24. The predicted molar refractivity (Wildman–Crippen MR) is 64.8 cm³/mol. The molecule has 1 heterocycles. The van der Waals surface area contributed by atoms with E-state index in [-0.39, 0.29) is 6.10 Å². The van der Waals surface area contributed by atoms with Crippen LogP contribution in [0.3, 0.4) is 0 Å². The molecule has 0 aromatic carbocycles. The molecule has 0 aliphatic heterocycles. The zero-order valence-electron chi connectivity index (χ0n) is 8.85. The van der Waals surface area contributed by atoms with Gasteiger partial charge in [0.25, 0.3) is 0 Å². The molecule has 2 N–H and O–H groups in total. The fourth-order valence-corrected chi connectivity index (χ4v) is 1.49. The van der Waals surface area contributed by atoms with E-state index < -0.39 is 0 Å². The maximum absolute atomic E-state index is 5.55. The van der Waals surface area contributed by atoms with Gasteiger partial charge in [-0.2, -0.15) is 0 Å². The number of thiocarbonyl (C=S) groups is 1. The Labute approximate surface area is 95.7 Å². The van der Waals surface area contributed by atoms with Gasteiger partial charge >= 0.3 is 0 Å². The molecular formula is C11H16N2OS. The number of ether oxygens (including phenoxy) is 1. The Bertz CT molecular complexity index is 303. The van der Waals surface area contributed by atoms with Crippen molar-refractivity contribution in [3.63, 3.8) is 0 Å². The van der Waals surface area contributed by atoms with Crippen LogP contribution in [0.15, 0.2) is 24.4 Å². The lowest BCUT2D eigenvalue weighted by atomic mass is 10.2. The van der Waals surface area contributed by atoms with Gasteiger partial charge in [-0.1, -0.05) is 25.2 Å². The van der Waals surface area contributed by atoms with E-state index in [0.29, 0.717) is 11.6 Å². The van der Waals surface area contributed by atoms with Crippen molar-refractivity contribution in [1.29, 1.82) is 0 Å². The first-order valence-corrected chi connectivity index (χ1v) is 5.45. The Morgan fingerprint density at radius 3 is 2.93 bits per heavy atom. The third-order valence-corrected chi connectivity index (χ3v) is 2.35. The van der Waals surface area contributed by atoms with Crippen molar-refractivity contribution in [2.75, 3.05) is 6.61 Å². The molecule has 4 heteroatoms. The summed E-state index contributed by atoms with van der Waals surface area (Å²) < 4.78 is 5.55. The van der Waals surface area contributed by atoms with Crippen LogP contribution in [0.25, 0.3) is 0 Å². The molecule has 0 saturated heterocycles. The third kappa shape index (κ3) is 4.36. The van der Waals surface area contributed by atoms with Gasteiger partial charge in [-0.05, 0) is 18.6 Å². The Kier molecular flexibility index (Phi) is 5.21. The predicted octanol–water partition coefficient (Wildman–Crippen LogP) is 1.71. The lowest BCUT2D eigenvalue weighted by molar-refractivity contribution is 0.0982. The normalized spacial score (nSPS) is 12.3. The van der Waals surface area contributed by atoms with Crippen LogP contribution in [0.4, 0.5) is 0 Å². The highest BCUT2D eigenvalue weighted by Crippen LogP contribution is 2.01. The summed E-state index contributed by atoms with van der Waals surface area (Å²) >= 11 is 4.88. The molecule has 1 aromatic heterocycles. The Morgan fingerprint density at radius 2 is 2.40 bits per heavy atom. The molecule has 0 aliphatic carbocycles. The van der Waals surface area contributed by atoms with Gasteiger partial charge in [0.1, 0.15) is 11.1 Å². The average Bonchev–Trinajstić information content (AvgIpc) is 2.25. The van der Waals surface area contributed by atoms with Crippen LogP contribution in [-0.4, -0.2) is 22.7 Å². The highest BCUT2D eigenvalue weighted by Gasteiger charge is 2.08. The fourth-order valence-electron chi connectivity index (χ4n) is 1.25. The fraction of sp³-hybridized carbons (Fsp3) is 0.455. The molecule has 0 radical (unpaired) electrons. The Balaban J connectivity index is 2.30. The van der Waals surface area contributed by atoms with Gasteiger partial charge < -0.3 is 10.5 Å². The van der Waals surface area contributed by atoms with Crippen molar-refractivity contribution in [2.24, 2.45) is 5.73 Å². The summed E-state index contributed by atoms with van der Waals surface area (Å²) in [7, 11) is 0. The van der Waals surface area contributed by atoms with Gasteiger partial charge in [0.05, 0.1) is 6.61 Å². The van der Waals surface area contributed by atoms with Gasteiger partial charge in [-0.3, -0.25) is 4.98 Å². The molecule has 0 spiro atoms. The molecule has 0 fully saturated rings. The van der Waals surface area contributed by atoms with E-state index in [1.165, 1.54) is 0 Å². The lowest BCUT2D eigenvalue weighted by Crippen LogP contribution is -2.29. The SMILES string of the molecule is CCC(OCCc1ccccn1)C(N)=S. The first-order chi connectivity index (χ1) is 7.24. The van der Waals surface area contributed by atoms with Crippen molar-refractivity contribution in [3.05, 3.63) is 30.1 Å². The highest BCUT2D eigenvalue weighted by molar-refractivity contribution is 7.80. The minimum atomic E-state index is -0.108. The first kappa shape index (κ1) is 12.1. The summed E-state index contributed by atoms with van der Waals surface area (Å²) in [5.74, 6) is 0. The van der Waals surface area contributed by atoms with Crippen molar-refractivity contribution in [2.45, 2.75) is 25.9 Å². The minimum Gasteiger partial charge on any atom is -0.391 e. The topological polar surface area (TPSA) is 48.1 Å². The second kappa shape index (κ2) is 6.48. The Hall–Kier alpha value is -1.00. The van der Waals surface area contributed by atoms with Gasteiger partial charge in [-0.15, -0.1) is 0 Å². The van der Waals surface area contributed by atoms with E-state index in [0.717, 1.165) is 18.5 Å². The average molecular weight is 224 g/mol. The smallest absolute Gasteiger partial charge is 0.107 e. The van der Waals surface area contributed by atoms with E-state index >= 15 is 0 Å². The maximum Gasteiger partial charge on any atom is 0.107 e. The molecule has 0 aliphatic rings. The lowest BCUT2D eigenvalue weighted by Gasteiger charge is -2.13. The molecule has 1 atom stereocenters. The van der Waals surface area contributed by atoms with E-state index in [2.05, 4.69) is 4.98 Å². The standard InChI is InChI=1S/C11H16N2OS/c1-2-10(11(12)15)14-8-6-9-5-3-4-7-13-9/h3-5,7,10H,2,6,8H2,1H3,(H2,12,15). The van der Waals surface area contributed by atoms with Crippen LogP contribution >= 0.6 is 12.2 Å². The van der Waals surface area contributed by atoms with Gasteiger partial charge in [0.2, 0.25) is 0 Å². The van der Waals surface area contributed by atoms with Gasteiger partial charge in [0.15, 0.2) is 0 Å². The summed E-state index contributed by atoms with van der Waals surface area (Å²) in [6.07, 6.45) is 3.28. The minimum absolute atomic E-state index is 0.108. The molecule has 0 bridgehead atoms. The number of hydrogen-bond donors (Lipinski definition) is 1. The van der Waals surface area contributed by atoms with Crippen LogP contribution in [-0.2, 0) is 11.2 Å². The number of aromatic nitrogens is 1. The van der Waals surface area contributed by atoms with Crippen LogP contribution in [0.5, 0.6) is 0 Å². The van der Waals surface area contributed by atoms with Crippen LogP contribution in [0, 0.1) is 0 Å². The largest absolute Gasteiger partial charge is 0.391 e. The molecule has 1 rings (SSSR count). The summed E-state index contributed by atoms with van der Waals surface area (Å²) in [6.45, 7) is 2.61. The zero-order valence-corrected chi connectivity index (χ0v) is 9.67.